The van der Waals surface area contributed by atoms with E-state index >= 15 is 0 Å². The van der Waals surface area contributed by atoms with E-state index in [2.05, 4.69) is 166 Å². The normalized spacial score (nSPS) is 5.43. The molecule has 10 heteroatoms. The monoisotopic (exact) mass is 1730 g/mol. The Bertz CT molecular complexity index is 312. The van der Waals surface area contributed by atoms with Crippen LogP contribution in [0.4, 0.5) is 0 Å². The van der Waals surface area contributed by atoms with Crippen LogP contribution in [0.2, 0.25) is 0 Å². The number of hydrogen-bond donors (Lipinski definition) is 0. The molecule has 0 atom stereocenters. The Morgan fingerprint density at radius 2 is 0.0783 bits per heavy atom. The van der Waals surface area contributed by atoms with Crippen LogP contribution in [-0.2, 0) is 0 Å². The van der Waals surface area contributed by atoms with E-state index < -0.39 is 0 Å². The van der Waals surface area contributed by atoms with Crippen LogP contribution >= 0.6 is 0 Å². The minimum atomic E-state index is 0. The third kappa shape index (κ3) is 8840000. The molecule has 796 valence electrons. The van der Waals surface area contributed by atoms with Gasteiger partial charge in [0.2, 0.25) is 0 Å². The molecule has 10 nitrogen and oxygen atoms in total. The van der Waals surface area contributed by atoms with Crippen molar-refractivity contribution in [3.05, 3.63) is 0 Å². The summed E-state index contributed by atoms with van der Waals surface area (Å²) in [5.41, 5.74) is 0. The predicted molar refractivity (Wildman–Crippen MR) is 633 cm³/mol. The van der Waals surface area contributed by atoms with Crippen molar-refractivity contribution >= 4 is 0 Å². The van der Waals surface area contributed by atoms with Gasteiger partial charge in [0.1, 0.15) is 0 Å². The topological polar surface area (TPSA) is 32.4 Å². The van der Waals surface area contributed by atoms with E-state index in [4.69, 9.17) is 0 Å². The number of nitrogens with zero attached hydrogens (tertiary/aromatic N) is 10. The lowest BCUT2D eigenvalue weighted by Gasteiger charge is -1.90. The summed E-state index contributed by atoms with van der Waals surface area (Å²) in [6, 6.07) is 0. The van der Waals surface area contributed by atoms with Crippen molar-refractivity contribution in [1.29, 1.82) is 0 Å². The maximum absolute atomic E-state index is 2.12. The van der Waals surface area contributed by atoms with Gasteiger partial charge < -0.3 is 49.0 Å². The fourth-order valence-electron chi connectivity index (χ4n) is 0. The Morgan fingerprint density at radius 3 is 0.0783 bits per heavy atom. The average Bonchev–Trinajstić information content (AvgIpc) is 3.40. The van der Waals surface area contributed by atoms with Crippen molar-refractivity contribution < 1.29 is 0 Å². The van der Waals surface area contributed by atoms with Gasteiger partial charge in [0.15, 0.2) is 0 Å². The van der Waals surface area contributed by atoms with Gasteiger partial charge in [0.05, 0.1) is 0 Å². The summed E-state index contributed by atoms with van der Waals surface area (Å²) in [4.78, 5) is 20.0. The van der Waals surface area contributed by atoms with Crippen molar-refractivity contribution in [2.24, 2.45) is 0 Å². The molecular weight excluding hydrogens is 1400 g/mol. The lowest BCUT2D eigenvalue weighted by atomic mass is 10.6. The second kappa shape index (κ2) is 832. The van der Waals surface area contributed by atoms with Crippen molar-refractivity contribution in [3.8, 4) is 0 Å². The molecule has 0 aromatic heterocycles. The molecular formula is C105H326N10. The first-order chi connectivity index (χ1) is 42.3. The summed E-state index contributed by atoms with van der Waals surface area (Å²) in [5, 5.41) is 0. The molecule has 0 spiro atoms. The molecule has 0 bridgehead atoms. The van der Waals surface area contributed by atoms with Gasteiger partial charge in [0.25, 0.3) is 0 Å². The van der Waals surface area contributed by atoms with Crippen LogP contribution in [0, 0.1) is 0 Å². The van der Waals surface area contributed by atoms with Crippen LogP contribution in [0.5, 0.6) is 0 Å². The van der Waals surface area contributed by atoms with Crippen molar-refractivity contribution in [1.82, 2.24) is 49.0 Å². The van der Waals surface area contributed by atoms with Gasteiger partial charge in [-0.15, -0.1) is 0 Å². The van der Waals surface area contributed by atoms with Crippen LogP contribution in [0.15, 0.2) is 0 Å². The molecule has 0 aromatic rings. The highest BCUT2D eigenvalue weighted by atomic mass is 15.0. The van der Waals surface area contributed by atoms with E-state index in [0.29, 0.717) is 0 Å². The van der Waals surface area contributed by atoms with Gasteiger partial charge >= 0.3 is 0 Å². The molecule has 115 heavy (non-hydrogen) atoms. The van der Waals surface area contributed by atoms with Crippen LogP contribution in [-0.4, -0.2) is 260 Å². The first-order valence-corrected chi connectivity index (χ1v) is 38.4. The summed E-state index contributed by atoms with van der Waals surface area (Å²) in [5.74, 6) is 0. The molecule has 0 saturated heterocycles. The highest BCUT2D eigenvalue weighted by molar-refractivity contribution is 4.13. The molecule has 0 amide bonds. The summed E-state index contributed by atoms with van der Waals surface area (Å²) in [6.45, 7) is 83.0. The zero-order valence-corrected chi connectivity index (χ0v) is 83.0. The molecule has 0 aliphatic heterocycles. The fourth-order valence-corrected chi connectivity index (χ4v) is 0. The highest BCUT2D eigenvalue weighted by Crippen LogP contribution is 1.61. The highest BCUT2D eigenvalue weighted by Gasteiger charge is 1.62. The molecule has 0 rings (SSSR count). The minimum Gasteiger partial charge on any atom is -0.312 e. The molecule has 0 radical (unpaired) electrons. The molecule has 0 unspecified atom stereocenters. The maximum atomic E-state index is 2.12. The molecule has 0 fully saturated rings. The second-order valence-electron chi connectivity index (χ2n) is 21.9. The average molecular weight is 1730 g/mol. The van der Waals surface area contributed by atoms with Gasteiger partial charge in [-0.3, -0.25) is 0 Å². The van der Waals surface area contributed by atoms with Gasteiger partial charge in [0, 0.05) is 0 Å². The van der Waals surface area contributed by atoms with E-state index in [1.54, 1.807) is 0 Å². The van der Waals surface area contributed by atoms with E-state index in [-0.39, 0.29) is 171 Å². The molecule has 0 aliphatic carbocycles. The Hall–Kier alpha value is -0.400. The van der Waals surface area contributed by atoms with Crippen molar-refractivity contribution in [2.45, 2.75) is 525 Å². The maximum Gasteiger partial charge on any atom is -0.0140 e. The number of hydrogen-bond acceptors (Lipinski definition) is 10. The van der Waals surface area contributed by atoms with E-state index in [1.165, 1.54) is 77.0 Å². The summed E-state index contributed by atoms with van der Waals surface area (Å²) in [7, 11) is 60.0. The zero-order chi connectivity index (χ0) is 84.3. The molecule has 0 saturated carbocycles. The van der Waals surface area contributed by atoms with E-state index in [1.807, 2.05) is 371 Å². The van der Waals surface area contributed by atoms with Crippen LogP contribution in [0.3, 0.4) is 0 Å². The first kappa shape index (κ1) is 390. The van der Waals surface area contributed by atoms with Gasteiger partial charge in [-0.2, -0.15) is 0 Å². The van der Waals surface area contributed by atoms with Gasteiger partial charge in [-0.25, -0.2) is 0 Å². The molecule has 0 aromatic carbocycles. The standard InChI is InChI=1S/10C3H9N.12C3H8.8C2H6.23CH4/c10*1-4(2)3;12*1-3-2;8*1-2;;;;;;;;;;;;;;;;;;;;;;;/h10*1-3H3;12*3H2,1-2H3;8*1-2H3;23*1H4. The molecule has 0 N–H and O–H groups in total. The van der Waals surface area contributed by atoms with Gasteiger partial charge in [-0.05, 0) is 211 Å². The SMILES string of the molecule is C.C.C.C.C.C.C.C.C.C.C.C.C.C.C.C.C.C.C.C.C.C.C.CC.CC.CC.CC.CC.CC.CC.CC.CCC.CCC.CCC.CCC.CCC.CCC.CCC.CCC.CCC.CCC.CCC.CCC.CN(C)C.CN(C)C.CN(C)C.CN(C)C.CN(C)C.CN(C)C.CN(C)C.CN(C)C.CN(C)C.CN(C)C. The van der Waals surface area contributed by atoms with E-state index in [9.17, 15) is 0 Å². The Morgan fingerprint density at radius 1 is 0.0783 bits per heavy atom. The zero-order valence-electron chi connectivity index (χ0n) is 83.0. The number of rotatable bonds is 0. The third-order valence-corrected chi connectivity index (χ3v) is 0. The molecule has 0 heterocycles. The van der Waals surface area contributed by atoms with Crippen LogP contribution in [0.25, 0.3) is 0 Å². The van der Waals surface area contributed by atoms with Gasteiger partial charge in [-0.1, -0.05) is 525 Å². The largest absolute Gasteiger partial charge is 0.312 e. The van der Waals surface area contributed by atoms with Crippen molar-refractivity contribution in [2.75, 3.05) is 211 Å². The summed E-state index contributed by atoms with van der Waals surface area (Å²) >= 11 is 0. The lowest BCUT2D eigenvalue weighted by molar-refractivity contribution is 0.505. The quantitative estimate of drug-likeness (QED) is 0.234. The third-order valence-electron chi connectivity index (χ3n) is 0. The van der Waals surface area contributed by atoms with E-state index in [0.717, 1.165) is 0 Å². The summed E-state index contributed by atoms with van der Waals surface area (Å²) < 4.78 is 0. The first-order valence-electron chi connectivity index (χ1n) is 38.4. The molecule has 0 aliphatic rings. The fraction of sp³-hybridized carbons (Fsp3) is 1.00. The van der Waals surface area contributed by atoms with Crippen molar-refractivity contribution in [3.63, 3.8) is 0 Å². The Balaban J connectivity index is -0.00000000675. The van der Waals surface area contributed by atoms with Crippen LogP contribution in [0.1, 0.15) is 525 Å². The van der Waals surface area contributed by atoms with Crippen LogP contribution < -0.4 is 0 Å². The Labute approximate surface area is 781 Å². The minimum absolute atomic E-state index is 0. The smallest absolute Gasteiger partial charge is 0.0140 e. The predicted octanol–water partition coefficient (Wildman–Crippen LogP) is 41.6. The second-order valence-corrected chi connectivity index (χ2v) is 21.9. The Kier molecular flexibility index (Phi) is 2820. The lowest BCUT2D eigenvalue weighted by Crippen LogP contribution is -1.99. The summed E-state index contributed by atoms with van der Waals surface area (Å²) in [6.07, 6.45) is 15.0.